The molecule has 116 valence electrons. The van der Waals surface area contributed by atoms with Gasteiger partial charge in [-0.1, -0.05) is 30.4 Å². The summed E-state index contributed by atoms with van der Waals surface area (Å²) in [5, 5.41) is 3.09. The predicted octanol–water partition coefficient (Wildman–Crippen LogP) is 1.87. The van der Waals surface area contributed by atoms with Gasteiger partial charge in [0.25, 0.3) is 0 Å². The first-order chi connectivity index (χ1) is 11.8. The maximum atomic E-state index is 5.81. The van der Waals surface area contributed by atoms with Crippen LogP contribution in [0.3, 0.4) is 0 Å². The van der Waals surface area contributed by atoms with Crippen molar-refractivity contribution in [3.05, 3.63) is 70.7 Å². The average molecular weight is 313 g/mol. The van der Waals surface area contributed by atoms with Crippen molar-refractivity contribution in [2.24, 2.45) is 5.73 Å². The van der Waals surface area contributed by atoms with E-state index in [1.165, 1.54) is 10.8 Å². The molecule has 4 heterocycles. The summed E-state index contributed by atoms with van der Waals surface area (Å²) in [6.45, 7) is 0.383. The van der Waals surface area contributed by atoms with Crippen LogP contribution in [0, 0.1) is 0 Å². The number of ether oxygens (including phenoxy) is 1. The molecule has 2 aliphatic rings. The smallest absolute Gasteiger partial charge is 0.153 e. The highest BCUT2D eigenvalue weighted by Crippen LogP contribution is 2.23. The Kier molecular flexibility index (Phi) is 2.75. The SMILES string of the molecule is NCC1=CC=c2nc3c(cc2O1)cn1cc2c(cc31)=CC=CC=C2. The number of hydrogen-bond donors (Lipinski definition) is 1. The number of pyridine rings is 2. The van der Waals surface area contributed by atoms with E-state index < -0.39 is 0 Å². The van der Waals surface area contributed by atoms with Gasteiger partial charge in [0.1, 0.15) is 11.1 Å². The third-order valence-corrected chi connectivity index (χ3v) is 4.39. The van der Waals surface area contributed by atoms with E-state index in [0.717, 1.165) is 33.3 Å². The van der Waals surface area contributed by atoms with E-state index in [1.54, 1.807) is 0 Å². The van der Waals surface area contributed by atoms with Gasteiger partial charge >= 0.3 is 0 Å². The summed E-state index contributed by atoms with van der Waals surface area (Å²) in [6.07, 6.45) is 18.5. The minimum Gasteiger partial charge on any atom is -0.458 e. The van der Waals surface area contributed by atoms with Crippen molar-refractivity contribution in [2.45, 2.75) is 0 Å². The van der Waals surface area contributed by atoms with Gasteiger partial charge in [-0.05, 0) is 35.1 Å². The van der Waals surface area contributed by atoms with Crippen LogP contribution in [0.5, 0.6) is 5.75 Å². The lowest BCUT2D eigenvalue weighted by Gasteiger charge is -2.11. The van der Waals surface area contributed by atoms with Gasteiger partial charge in [0.05, 0.1) is 17.6 Å². The molecule has 0 aromatic carbocycles. The van der Waals surface area contributed by atoms with Gasteiger partial charge in [-0.3, -0.25) is 0 Å². The first-order valence-corrected chi connectivity index (χ1v) is 7.91. The molecule has 0 amide bonds. The van der Waals surface area contributed by atoms with Crippen LogP contribution in [0.4, 0.5) is 0 Å². The molecule has 3 aromatic heterocycles. The molecule has 3 aromatic rings. The monoisotopic (exact) mass is 313 g/mol. The van der Waals surface area contributed by atoms with Crippen LogP contribution in [0.25, 0.3) is 34.6 Å². The minimum absolute atomic E-state index is 0.383. The topological polar surface area (TPSA) is 52.5 Å². The van der Waals surface area contributed by atoms with Crippen LogP contribution in [0.2, 0.25) is 0 Å². The van der Waals surface area contributed by atoms with Gasteiger partial charge in [-0.2, -0.15) is 0 Å². The Morgan fingerprint density at radius 3 is 2.92 bits per heavy atom. The van der Waals surface area contributed by atoms with Crippen molar-refractivity contribution in [1.29, 1.82) is 0 Å². The van der Waals surface area contributed by atoms with E-state index in [0.29, 0.717) is 6.54 Å². The molecule has 4 heteroatoms. The number of allylic oxidation sites excluding steroid dienone is 4. The lowest BCUT2D eigenvalue weighted by molar-refractivity contribution is 0.410. The number of aromatic nitrogens is 2. The molecular weight excluding hydrogens is 298 g/mol. The van der Waals surface area contributed by atoms with Crippen molar-refractivity contribution < 1.29 is 4.74 Å². The number of nitrogens with zero attached hydrogens (tertiary/aromatic N) is 2. The Morgan fingerprint density at radius 1 is 1.04 bits per heavy atom. The van der Waals surface area contributed by atoms with E-state index in [9.17, 15) is 0 Å². The van der Waals surface area contributed by atoms with Crippen molar-refractivity contribution in [1.82, 2.24) is 9.38 Å². The summed E-state index contributed by atoms with van der Waals surface area (Å²) in [7, 11) is 0. The molecule has 24 heavy (non-hydrogen) atoms. The number of hydrogen-bond acceptors (Lipinski definition) is 3. The Bertz CT molecular complexity index is 1210. The standard InChI is InChI=1S/C20H15N3O/c21-10-16-6-7-17-19(24-16)9-15-12-23-11-14-5-3-1-2-4-13(14)8-18(23)20(15)22-17/h1-9,11-12H,10,21H2. The molecule has 4 nitrogen and oxygen atoms in total. The third kappa shape index (κ3) is 1.94. The lowest BCUT2D eigenvalue weighted by Crippen LogP contribution is -2.19. The molecule has 1 aliphatic heterocycles. The summed E-state index contributed by atoms with van der Waals surface area (Å²) in [5.74, 6) is 1.52. The highest BCUT2D eigenvalue weighted by atomic mass is 16.5. The summed E-state index contributed by atoms with van der Waals surface area (Å²) in [4.78, 5) is 4.81. The number of fused-ring (bicyclic) bond motifs is 5. The molecular formula is C20H15N3O. The fourth-order valence-electron chi connectivity index (χ4n) is 3.20. The van der Waals surface area contributed by atoms with Gasteiger partial charge in [0, 0.05) is 17.8 Å². The zero-order chi connectivity index (χ0) is 16.1. The fourth-order valence-corrected chi connectivity index (χ4v) is 3.20. The summed E-state index contributed by atoms with van der Waals surface area (Å²) >= 11 is 0. The van der Waals surface area contributed by atoms with Crippen LogP contribution in [-0.4, -0.2) is 15.9 Å². The van der Waals surface area contributed by atoms with Crippen LogP contribution < -0.4 is 21.0 Å². The first kappa shape index (κ1) is 13.3. The molecule has 0 atom stereocenters. The van der Waals surface area contributed by atoms with Crippen molar-refractivity contribution in [3.8, 4) is 5.75 Å². The van der Waals surface area contributed by atoms with Crippen molar-refractivity contribution in [3.63, 3.8) is 0 Å². The zero-order valence-electron chi connectivity index (χ0n) is 12.9. The van der Waals surface area contributed by atoms with Gasteiger partial charge in [-0.15, -0.1) is 0 Å². The molecule has 0 saturated heterocycles. The van der Waals surface area contributed by atoms with E-state index in [4.69, 9.17) is 15.5 Å². The summed E-state index contributed by atoms with van der Waals surface area (Å²) in [5.41, 5.74) is 8.92. The van der Waals surface area contributed by atoms with Crippen LogP contribution in [0.15, 0.2) is 54.6 Å². The van der Waals surface area contributed by atoms with E-state index in [1.807, 2.05) is 24.3 Å². The van der Waals surface area contributed by atoms with Crippen molar-refractivity contribution in [2.75, 3.05) is 6.54 Å². The lowest BCUT2D eigenvalue weighted by atomic mass is 10.2. The molecule has 1 aliphatic carbocycles. The highest BCUT2D eigenvalue weighted by molar-refractivity contribution is 5.95. The average Bonchev–Trinajstić information content (AvgIpc) is 2.78. The molecule has 0 radical (unpaired) electrons. The predicted molar refractivity (Wildman–Crippen MR) is 96.8 cm³/mol. The van der Waals surface area contributed by atoms with Crippen LogP contribution in [0.1, 0.15) is 5.56 Å². The van der Waals surface area contributed by atoms with Crippen molar-refractivity contribution >= 4 is 34.6 Å². The Hall–Kier alpha value is -3.11. The summed E-state index contributed by atoms with van der Waals surface area (Å²) in [6, 6.07) is 4.22. The normalized spacial score (nSPS) is 15.1. The fraction of sp³-hybridized carbons (Fsp3) is 0.0500. The second kappa shape index (κ2) is 4.94. The molecule has 0 saturated carbocycles. The minimum atomic E-state index is 0.383. The number of nitrogens with two attached hydrogens (primary N) is 1. The zero-order valence-corrected chi connectivity index (χ0v) is 12.9. The van der Waals surface area contributed by atoms with Gasteiger partial charge in [-0.25, -0.2) is 4.98 Å². The van der Waals surface area contributed by atoms with E-state index >= 15 is 0 Å². The van der Waals surface area contributed by atoms with Gasteiger partial charge in [0.15, 0.2) is 5.75 Å². The largest absolute Gasteiger partial charge is 0.458 e. The number of rotatable bonds is 1. The molecule has 0 unspecified atom stereocenters. The molecule has 0 spiro atoms. The van der Waals surface area contributed by atoms with E-state index in [2.05, 4.69) is 47.2 Å². The first-order valence-electron chi connectivity index (χ1n) is 7.91. The van der Waals surface area contributed by atoms with Gasteiger partial charge < -0.3 is 14.9 Å². The van der Waals surface area contributed by atoms with E-state index in [-0.39, 0.29) is 0 Å². The molecule has 2 N–H and O–H groups in total. The third-order valence-electron chi connectivity index (χ3n) is 4.39. The second-order valence-corrected chi connectivity index (χ2v) is 5.93. The highest BCUT2D eigenvalue weighted by Gasteiger charge is 2.12. The maximum absolute atomic E-state index is 5.81. The second-order valence-electron chi connectivity index (χ2n) is 5.93. The van der Waals surface area contributed by atoms with Crippen LogP contribution >= 0.6 is 0 Å². The Balaban J connectivity index is 1.83. The molecule has 0 bridgehead atoms. The Morgan fingerprint density at radius 2 is 2.00 bits per heavy atom. The van der Waals surface area contributed by atoms with Gasteiger partial charge in [0.2, 0.25) is 0 Å². The maximum Gasteiger partial charge on any atom is 0.153 e. The molecule has 5 rings (SSSR count). The van der Waals surface area contributed by atoms with Crippen LogP contribution in [-0.2, 0) is 0 Å². The summed E-state index contributed by atoms with van der Waals surface area (Å²) < 4.78 is 7.94. The Labute approximate surface area is 138 Å². The molecule has 0 fully saturated rings. The quantitative estimate of drug-likeness (QED) is 0.746.